The lowest BCUT2D eigenvalue weighted by Crippen LogP contribution is -2.33. The van der Waals surface area contributed by atoms with Crippen molar-refractivity contribution in [3.63, 3.8) is 0 Å². The molecule has 0 aliphatic carbocycles. The lowest BCUT2D eigenvalue weighted by Gasteiger charge is -2.20. The standard InChI is InChI=1S/C23H32N12O8/c24-16-10-18(30-6-28-16)34(20-14(40)12(38)8(4-36)42-20)22(32-10)26-2-1-3-27-23-33-11-17(25)29-7-31-19(11)35(23)21-15(41)13(39)9(5-37)43-21/h6-9,12-15,20-21,36-41H,1-5H2,(H,26,32)(H,27,33)(H2,24,28,30)(H2,25,29,31)/t8-,9-,12+,13+,14-,15+,20-,21-/m0/s1. The maximum atomic E-state index is 10.6. The first kappa shape index (κ1) is 29.1. The normalized spacial score (nSPS) is 29.2. The summed E-state index contributed by atoms with van der Waals surface area (Å²) >= 11 is 0. The molecule has 0 saturated carbocycles. The van der Waals surface area contributed by atoms with Crippen LogP contribution < -0.4 is 22.1 Å². The second kappa shape index (κ2) is 11.6. The summed E-state index contributed by atoms with van der Waals surface area (Å²) in [5.74, 6) is 0.676. The van der Waals surface area contributed by atoms with Crippen LogP contribution in [-0.4, -0.2) is 133 Å². The Morgan fingerprint density at radius 2 is 1.09 bits per heavy atom. The van der Waals surface area contributed by atoms with E-state index in [1.54, 1.807) is 0 Å². The van der Waals surface area contributed by atoms with Crippen LogP contribution in [0.3, 0.4) is 0 Å². The van der Waals surface area contributed by atoms with E-state index in [1.165, 1.54) is 21.8 Å². The van der Waals surface area contributed by atoms with Gasteiger partial charge >= 0.3 is 0 Å². The van der Waals surface area contributed by atoms with Gasteiger partial charge in [-0.3, -0.25) is 9.13 Å². The third kappa shape index (κ3) is 4.92. The molecule has 2 aliphatic rings. The minimum absolute atomic E-state index is 0.103. The summed E-state index contributed by atoms with van der Waals surface area (Å²) in [5.41, 5.74) is 13.0. The van der Waals surface area contributed by atoms with Crippen LogP contribution in [0.1, 0.15) is 18.9 Å². The van der Waals surface area contributed by atoms with Gasteiger partial charge in [0.05, 0.1) is 13.2 Å². The molecule has 2 aliphatic heterocycles. The fourth-order valence-electron chi connectivity index (χ4n) is 5.26. The number of nitrogen functional groups attached to an aromatic ring is 2. The molecule has 4 aromatic rings. The Kier molecular flexibility index (Phi) is 7.83. The highest BCUT2D eigenvalue weighted by Gasteiger charge is 2.46. The second-order valence-corrected chi connectivity index (χ2v) is 10.1. The quantitative estimate of drug-likeness (QED) is 0.0777. The molecule has 0 aromatic carbocycles. The number of hydrogen-bond donors (Lipinski definition) is 10. The number of aliphatic hydroxyl groups excluding tert-OH is 6. The van der Waals surface area contributed by atoms with Crippen LogP contribution in [0.5, 0.6) is 0 Å². The summed E-state index contributed by atoms with van der Waals surface area (Å²) in [6.45, 7) is -0.349. The zero-order valence-electron chi connectivity index (χ0n) is 22.5. The first-order valence-corrected chi connectivity index (χ1v) is 13.4. The maximum absolute atomic E-state index is 10.6. The van der Waals surface area contributed by atoms with Gasteiger partial charge in [-0.15, -0.1) is 0 Å². The predicted octanol–water partition coefficient (Wildman–Crippen LogP) is -3.73. The van der Waals surface area contributed by atoms with E-state index in [4.69, 9.17) is 20.9 Å². The number of hydrogen-bond acceptors (Lipinski definition) is 18. The Hall–Kier alpha value is -4.02. The van der Waals surface area contributed by atoms with Crippen molar-refractivity contribution in [2.75, 3.05) is 48.4 Å². The molecule has 6 rings (SSSR count). The molecule has 2 fully saturated rings. The molecular formula is C23H32N12O8. The van der Waals surface area contributed by atoms with Gasteiger partial charge < -0.3 is 62.2 Å². The van der Waals surface area contributed by atoms with Crippen molar-refractivity contribution in [3.05, 3.63) is 12.7 Å². The van der Waals surface area contributed by atoms with Gasteiger partial charge in [-0.1, -0.05) is 0 Å². The number of nitrogens with two attached hydrogens (primary N) is 2. The van der Waals surface area contributed by atoms with Gasteiger partial charge in [0, 0.05) is 13.1 Å². The number of aromatic nitrogens is 8. The van der Waals surface area contributed by atoms with E-state index in [-0.39, 0.29) is 45.9 Å². The van der Waals surface area contributed by atoms with Crippen LogP contribution in [0.4, 0.5) is 23.5 Å². The zero-order chi connectivity index (χ0) is 30.4. The molecule has 232 valence electrons. The van der Waals surface area contributed by atoms with Crippen LogP contribution in [0, 0.1) is 0 Å². The van der Waals surface area contributed by atoms with Crippen molar-refractivity contribution in [2.45, 2.75) is 55.5 Å². The number of anilines is 4. The molecule has 12 N–H and O–H groups in total. The third-order valence-electron chi connectivity index (χ3n) is 7.47. The first-order chi connectivity index (χ1) is 20.7. The average molecular weight is 605 g/mol. The molecule has 43 heavy (non-hydrogen) atoms. The molecule has 8 atom stereocenters. The molecule has 0 unspecified atom stereocenters. The molecule has 0 spiro atoms. The van der Waals surface area contributed by atoms with E-state index in [2.05, 4.69) is 40.5 Å². The molecule has 0 bridgehead atoms. The fraction of sp³-hybridized carbons (Fsp3) is 0.565. The van der Waals surface area contributed by atoms with Gasteiger partial charge in [-0.25, -0.2) is 29.9 Å². The molecule has 0 radical (unpaired) electrons. The van der Waals surface area contributed by atoms with E-state index >= 15 is 0 Å². The van der Waals surface area contributed by atoms with Crippen LogP contribution in [0.2, 0.25) is 0 Å². The van der Waals surface area contributed by atoms with E-state index in [0.717, 1.165) is 0 Å². The number of aliphatic hydroxyl groups is 6. The van der Waals surface area contributed by atoms with Crippen LogP contribution in [0.15, 0.2) is 12.7 Å². The summed E-state index contributed by atoms with van der Waals surface area (Å²) < 4.78 is 14.3. The molecule has 20 nitrogen and oxygen atoms in total. The lowest BCUT2D eigenvalue weighted by atomic mass is 10.1. The number of nitrogens with zero attached hydrogens (tertiary/aromatic N) is 8. The first-order valence-electron chi connectivity index (χ1n) is 13.4. The van der Waals surface area contributed by atoms with Crippen molar-refractivity contribution in [2.24, 2.45) is 0 Å². The molecule has 20 heteroatoms. The van der Waals surface area contributed by atoms with E-state index < -0.39 is 62.3 Å². The van der Waals surface area contributed by atoms with Gasteiger partial charge in [-0.05, 0) is 6.42 Å². The Morgan fingerprint density at radius 3 is 1.47 bits per heavy atom. The molecule has 4 aromatic heterocycles. The number of nitrogens with one attached hydrogen (secondary N) is 2. The van der Waals surface area contributed by atoms with Gasteiger partial charge in [0.2, 0.25) is 11.9 Å². The van der Waals surface area contributed by atoms with E-state index in [1.807, 2.05) is 0 Å². The Balaban J connectivity index is 1.19. The summed E-state index contributed by atoms with van der Waals surface area (Å²) in [6.07, 6.45) is -6.74. The summed E-state index contributed by atoms with van der Waals surface area (Å²) in [6, 6.07) is 0. The summed E-state index contributed by atoms with van der Waals surface area (Å²) in [4.78, 5) is 25.3. The zero-order valence-corrected chi connectivity index (χ0v) is 22.5. The highest BCUT2D eigenvalue weighted by atomic mass is 16.6. The number of ether oxygens (including phenoxy) is 2. The predicted molar refractivity (Wildman–Crippen MR) is 147 cm³/mol. The van der Waals surface area contributed by atoms with Crippen LogP contribution >= 0.6 is 0 Å². The number of fused-ring (bicyclic) bond motifs is 2. The SMILES string of the molecule is Nc1ncnc2c1nc(NCCCNc1nc3c(N)ncnc3n1[C@H]1O[C@@H](CO)[C@@H](O)[C@@H]1O)n2[C@H]1O[C@@H](CO)[C@@H](O)[C@H]1O. The topological polar surface area (TPSA) is 303 Å². The fourth-order valence-corrected chi connectivity index (χ4v) is 5.26. The minimum Gasteiger partial charge on any atom is -0.394 e. The molecular weight excluding hydrogens is 572 g/mol. The van der Waals surface area contributed by atoms with Gasteiger partial charge in [-0.2, -0.15) is 0 Å². The molecule has 6 heterocycles. The van der Waals surface area contributed by atoms with Gasteiger partial charge in [0.1, 0.15) is 49.3 Å². The highest BCUT2D eigenvalue weighted by molar-refractivity contribution is 5.84. The van der Waals surface area contributed by atoms with E-state index in [9.17, 15) is 30.6 Å². The monoisotopic (exact) mass is 604 g/mol. The van der Waals surface area contributed by atoms with E-state index in [0.29, 0.717) is 19.5 Å². The second-order valence-electron chi connectivity index (χ2n) is 10.1. The van der Waals surface area contributed by atoms with Crippen molar-refractivity contribution < 1.29 is 40.1 Å². The Labute approximate surface area is 242 Å². The minimum atomic E-state index is -1.38. The molecule has 2 saturated heterocycles. The third-order valence-corrected chi connectivity index (χ3v) is 7.47. The largest absolute Gasteiger partial charge is 0.394 e. The number of imidazole rings is 2. The maximum Gasteiger partial charge on any atom is 0.207 e. The lowest BCUT2D eigenvalue weighted by molar-refractivity contribution is -0.0501. The number of rotatable bonds is 10. The van der Waals surface area contributed by atoms with Crippen molar-refractivity contribution in [3.8, 4) is 0 Å². The molecule has 0 amide bonds. The Morgan fingerprint density at radius 1 is 0.674 bits per heavy atom. The summed E-state index contributed by atoms with van der Waals surface area (Å²) in [5, 5.41) is 67.3. The van der Waals surface area contributed by atoms with Crippen LogP contribution in [-0.2, 0) is 9.47 Å². The Bertz CT molecular complexity index is 1490. The summed E-state index contributed by atoms with van der Waals surface area (Å²) in [7, 11) is 0. The van der Waals surface area contributed by atoms with Gasteiger partial charge in [0.15, 0.2) is 46.4 Å². The average Bonchev–Trinajstić information content (AvgIpc) is 3.71. The van der Waals surface area contributed by atoms with Crippen molar-refractivity contribution in [1.29, 1.82) is 0 Å². The van der Waals surface area contributed by atoms with Gasteiger partial charge in [0.25, 0.3) is 0 Å². The highest BCUT2D eigenvalue weighted by Crippen LogP contribution is 2.36. The van der Waals surface area contributed by atoms with Crippen molar-refractivity contribution >= 4 is 45.9 Å². The van der Waals surface area contributed by atoms with Crippen molar-refractivity contribution in [1.82, 2.24) is 39.0 Å². The van der Waals surface area contributed by atoms with Crippen LogP contribution in [0.25, 0.3) is 22.3 Å². The smallest absolute Gasteiger partial charge is 0.207 e.